The third-order valence-corrected chi connectivity index (χ3v) is 26.3. The van der Waals surface area contributed by atoms with Crippen LogP contribution in [0.3, 0.4) is 0 Å². The fourth-order valence-corrected chi connectivity index (χ4v) is 21.7. The number of hydrogen-bond donors (Lipinski definition) is 14. The van der Waals surface area contributed by atoms with Crippen LogP contribution in [0.5, 0.6) is 17.2 Å². The number of nitrogen functional groups attached to an aromatic ring is 3. The second-order valence-corrected chi connectivity index (χ2v) is 32.3. The number of rotatable bonds is 21. The second kappa shape index (κ2) is 26.0. The Morgan fingerprint density at radius 1 is 0.562 bits per heavy atom. The molecule has 14 rings (SSSR count). The number of anilines is 4. The van der Waals surface area contributed by atoms with Gasteiger partial charge in [0.15, 0.2) is 17.2 Å². The quantitative estimate of drug-likeness (QED) is 0.00304. The molecule has 4 bridgehead atoms. The monoisotopic (exact) mass is 1460 g/mol. The number of phenols is 3. The topological polar surface area (TPSA) is 431 Å². The SMILES string of the molecule is CN(C)CCCNCCCc1ccc(N=Nc2c(SOOO)cc3cc(S(=O)(=O)O)c(N=Nc4ccc(S(=O)(=O)Nc5ccc(N=Nc6c(N)c(O)c7ssc8c9[nH]c%10cc%11[nH]c%12cc(N)c(O)c%13ssc(c%10[nH]c9cc9[nH]c6c7sc98)c%11sc%12%13)cc5)cc4)c(N)c3c2O)cc1. The van der Waals surface area contributed by atoms with Crippen molar-refractivity contribution in [3.63, 3.8) is 0 Å². The lowest BCUT2D eigenvalue weighted by atomic mass is 10.1. The van der Waals surface area contributed by atoms with Crippen LogP contribution in [0.4, 0.5) is 56.9 Å². The Labute approximate surface area is 568 Å². The van der Waals surface area contributed by atoms with Crippen LogP contribution in [0.1, 0.15) is 18.4 Å². The molecule has 36 heteroatoms. The van der Waals surface area contributed by atoms with Crippen LogP contribution in [0.2, 0.25) is 0 Å². The van der Waals surface area contributed by atoms with E-state index >= 15 is 0 Å². The molecule has 5 aromatic heterocycles. The second-order valence-electron chi connectivity index (χ2n) is 22.1. The Bertz CT molecular complexity index is 5840. The van der Waals surface area contributed by atoms with Crippen LogP contribution in [0.25, 0.3) is 92.5 Å². The van der Waals surface area contributed by atoms with Crippen molar-refractivity contribution in [1.82, 2.24) is 30.2 Å². The van der Waals surface area contributed by atoms with Crippen LogP contribution < -0.4 is 27.2 Å². The van der Waals surface area contributed by atoms with Gasteiger partial charge in [0.25, 0.3) is 20.1 Å². The highest BCUT2D eigenvalue weighted by molar-refractivity contribution is 7.94. The van der Waals surface area contributed by atoms with E-state index in [2.05, 4.69) is 81.0 Å². The maximum atomic E-state index is 13.7. The zero-order valence-electron chi connectivity index (χ0n) is 49.8. The Morgan fingerprint density at radius 2 is 1.10 bits per heavy atom. The molecule has 0 spiro atoms. The molecular weight excluding hydrogens is 1410 g/mol. The van der Waals surface area contributed by atoms with Crippen molar-refractivity contribution < 1.29 is 51.3 Å². The molecule has 492 valence electrons. The zero-order chi connectivity index (χ0) is 66.9. The molecule has 0 saturated carbocycles. The summed E-state index contributed by atoms with van der Waals surface area (Å²) in [7, 11) is 0.632. The molecule has 0 saturated heterocycles. The molecule has 0 aliphatic heterocycles. The average molecular weight is 1460 g/mol. The average Bonchev–Trinajstić information content (AvgIpc) is 1.35. The summed E-state index contributed by atoms with van der Waals surface area (Å²) < 4.78 is 77.5. The summed E-state index contributed by atoms with van der Waals surface area (Å²) >= 11 is 3.47. The summed E-state index contributed by atoms with van der Waals surface area (Å²) in [6.07, 6.45) is 2.81. The maximum absolute atomic E-state index is 13.7. The Balaban J connectivity index is 0.694. The summed E-state index contributed by atoms with van der Waals surface area (Å²) in [5.74, 6) is -0.703. The van der Waals surface area contributed by atoms with Gasteiger partial charge in [-0.05, 0) is 155 Å². The first-order valence-corrected chi connectivity index (χ1v) is 38.3. The van der Waals surface area contributed by atoms with Gasteiger partial charge in [0.1, 0.15) is 37.0 Å². The molecular formula is C60H52N16O11S9. The number of nitrogens with one attached hydrogen (secondary N) is 6. The number of aromatic nitrogens is 4. The lowest BCUT2D eigenvalue weighted by Crippen LogP contribution is -2.22. The summed E-state index contributed by atoms with van der Waals surface area (Å²) in [5, 5.41) is 76.1. The highest BCUT2D eigenvalue weighted by atomic mass is 32.9. The molecule has 17 N–H and O–H groups in total. The Kier molecular flexibility index (Phi) is 17.4. The van der Waals surface area contributed by atoms with E-state index in [1.165, 1.54) is 95.2 Å². The fourth-order valence-electron chi connectivity index (χ4n) is 10.8. The first-order chi connectivity index (χ1) is 46.2. The summed E-state index contributed by atoms with van der Waals surface area (Å²) in [4.78, 5) is 15.7. The number of azo groups is 3. The van der Waals surface area contributed by atoms with E-state index in [9.17, 15) is 36.7 Å². The number of hydrogen-bond acceptors (Lipinski definition) is 28. The predicted octanol–water partition coefficient (Wildman–Crippen LogP) is 17.5. The third-order valence-electron chi connectivity index (χ3n) is 15.5. The molecule has 0 radical (unpaired) electrons. The molecule has 0 aliphatic rings. The molecule has 9 aromatic carbocycles. The van der Waals surface area contributed by atoms with Gasteiger partial charge in [-0.1, -0.05) is 58.5 Å². The van der Waals surface area contributed by atoms with Crippen LogP contribution in [0.15, 0.2) is 149 Å². The van der Waals surface area contributed by atoms with E-state index in [1.54, 1.807) is 41.7 Å². The lowest BCUT2D eigenvalue weighted by molar-refractivity contribution is -0.432. The van der Waals surface area contributed by atoms with Crippen molar-refractivity contribution in [1.29, 1.82) is 0 Å². The number of H-pyrrole nitrogens is 4. The number of sulfonamides is 1. The van der Waals surface area contributed by atoms with E-state index in [-0.39, 0.29) is 60.5 Å². The number of aryl methyl sites for hydroxylation is 1. The van der Waals surface area contributed by atoms with Gasteiger partial charge >= 0.3 is 0 Å². The van der Waals surface area contributed by atoms with Gasteiger partial charge in [-0.25, -0.2) is 13.7 Å². The van der Waals surface area contributed by atoms with E-state index in [0.717, 1.165) is 113 Å². The molecule has 96 heavy (non-hydrogen) atoms. The molecule has 0 aliphatic carbocycles. The normalized spacial score (nSPS) is 12.8. The Hall–Kier alpha value is -8.83. The van der Waals surface area contributed by atoms with Gasteiger partial charge in [0.2, 0.25) is 0 Å². The molecule has 0 unspecified atom stereocenters. The van der Waals surface area contributed by atoms with Gasteiger partial charge in [0, 0.05) is 5.69 Å². The fraction of sp³-hybridized carbons (Fsp3) is 0.133. The van der Waals surface area contributed by atoms with Crippen molar-refractivity contribution in [3.05, 3.63) is 109 Å². The summed E-state index contributed by atoms with van der Waals surface area (Å²) in [6, 6.07) is 26.6. The van der Waals surface area contributed by atoms with Crippen molar-refractivity contribution in [2.75, 3.05) is 55.7 Å². The minimum atomic E-state index is -5.07. The van der Waals surface area contributed by atoms with Crippen LogP contribution in [-0.4, -0.2) is 101 Å². The predicted molar refractivity (Wildman–Crippen MR) is 387 cm³/mol. The van der Waals surface area contributed by atoms with Crippen LogP contribution in [-0.2, 0) is 35.9 Å². The number of aromatic amines is 4. The third kappa shape index (κ3) is 12.3. The van der Waals surface area contributed by atoms with Gasteiger partial charge in [0.05, 0.1) is 128 Å². The van der Waals surface area contributed by atoms with Gasteiger partial charge in [-0.3, -0.25) is 9.27 Å². The van der Waals surface area contributed by atoms with Crippen LogP contribution >= 0.6 is 76.1 Å². The van der Waals surface area contributed by atoms with E-state index in [4.69, 9.17) is 22.5 Å². The maximum Gasteiger partial charge on any atom is 0.296 e. The van der Waals surface area contributed by atoms with Gasteiger partial charge in [-0.15, -0.1) is 42.4 Å². The number of benzene rings is 9. The molecule has 27 nitrogen and oxygen atoms in total. The first-order valence-electron chi connectivity index (χ1n) is 28.7. The van der Waals surface area contributed by atoms with E-state index < -0.39 is 42.2 Å². The van der Waals surface area contributed by atoms with Gasteiger partial charge < -0.3 is 62.7 Å². The number of aromatic hydroxyl groups is 3. The van der Waals surface area contributed by atoms with Crippen molar-refractivity contribution in [2.24, 2.45) is 30.7 Å². The minimum Gasteiger partial charge on any atom is -0.505 e. The number of phenolic OH excluding ortho intramolecular Hbond substituents is 3. The molecule has 0 atom stereocenters. The van der Waals surface area contributed by atoms with Crippen molar-refractivity contribution in [3.8, 4) is 17.2 Å². The van der Waals surface area contributed by atoms with Crippen molar-refractivity contribution >= 4 is 246 Å². The first kappa shape index (κ1) is 64.5. The number of nitrogens with zero attached hydrogens (tertiary/aromatic N) is 7. The summed E-state index contributed by atoms with van der Waals surface area (Å²) in [6.45, 7) is 2.81. The largest absolute Gasteiger partial charge is 0.505 e. The van der Waals surface area contributed by atoms with Crippen LogP contribution in [0, 0.1) is 0 Å². The number of fused-ring (bicyclic) bond motifs is 5. The standard InChI is InChI=1S/C60H52N16O11S9/c1-76(2)20-4-19-64-18-3-5-26-6-8-28(9-7-26)69-72-46-39(90-87-86-80)21-27-22-40(96(83,84)85)47(42(62)41(27)51(46)78)73-70-30-14-16-32(17-15-30)95(81,82)75-31-12-10-29(11-13-31)71-74-48-43(63)52(79)60-56-49(48)68-38-25-35-45(58(92-94-60)54(38)89-56)66-34-24-37-53-57(44(34)67-35)91-93-59-50(77)33(61)23-36(65-37)55(59)88-53/h6-17,21-25,64-68,75,77-80H,3-5,18-20,61-63H2,1-2H3,(H,83,84,85). The minimum absolute atomic E-state index is 0.000585. The van der Waals surface area contributed by atoms with Crippen molar-refractivity contribution in [2.45, 2.75) is 33.9 Å². The zero-order valence-corrected chi connectivity index (χ0v) is 57.1. The molecule has 0 fully saturated rings. The highest BCUT2D eigenvalue weighted by Crippen LogP contribution is 2.53. The van der Waals surface area contributed by atoms with E-state index in [0.29, 0.717) is 48.7 Å². The number of nitrogens with two attached hydrogens (primary N) is 3. The smallest absolute Gasteiger partial charge is 0.296 e. The van der Waals surface area contributed by atoms with E-state index in [1.807, 2.05) is 32.3 Å². The molecule has 5 heterocycles. The molecule has 14 aromatic rings. The highest BCUT2D eigenvalue weighted by Gasteiger charge is 2.27. The summed E-state index contributed by atoms with van der Waals surface area (Å²) in [5.41, 5.74) is 27.2. The molecule has 0 amide bonds. The van der Waals surface area contributed by atoms with Gasteiger partial charge in [-0.2, -0.15) is 23.8 Å². The Morgan fingerprint density at radius 3 is 1.74 bits per heavy atom. The lowest BCUT2D eigenvalue weighted by Gasteiger charge is -2.14.